The first kappa shape index (κ1) is 17.6. The molecule has 1 saturated heterocycles. The summed E-state index contributed by atoms with van der Waals surface area (Å²) in [7, 11) is -0.549. The van der Waals surface area contributed by atoms with Crippen LogP contribution in [-0.2, 0) is 20.6 Å². The lowest BCUT2D eigenvalue weighted by Crippen LogP contribution is -2.19. The van der Waals surface area contributed by atoms with Gasteiger partial charge in [0.15, 0.2) is 0 Å². The van der Waals surface area contributed by atoms with Gasteiger partial charge < -0.3 is 24.8 Å². The molecule has 1 aliphatic rings. The quantitative estimate of drug-likeness (QED) is 0.432. The molecule has 1 atom stereocenters. The Labute approximate surface area is 125 Å². The lowest BCUT2D eigenvalue weighted by molar-refractivity contribution is 0.170. The van der Waals surface area contributed by atoms with Crippen LogP contribution in [0.4, 0.5) is 0 Å². The van der Waals surface area contributed by atoms with Crippen LogP contribution in [0.3, 0.4) is 0 Å². The van der Waals surface area contributed by atoms with Crippen molar-refractivity contribution in [2.45, 2.75) is 33.0 Å². The topological polar surface area (TPSA) is 97.8 Å². The van der Waals surface area contributed by atoms with Gasteiger partial charge in [-0.15, -0.1) is 0 Å². The van der Waals surface area contributed by atoms with Crippen molar-refractivity contribution in [1.29, 1.82) is 5.41 Å². The molecule has 1 aliphatic heterocycles. The monoisotopic (exact) mass is 294 g/mol. The summed E-state index contributed by atoms with van der Waals surface area (Å²) in [6, 6.07) is 7.31. The average Bonchev–Trinajstić information content (AvgIpc) is 2.99. The second-order valence-corrected chi connectivity index (χ2v) is 4.71. The smallest absolute Gasteiger partial charge is 0.393 e. The van der Waals surface area contributed by atoms with Crippen molar-refractivity contribution in [3.63, 3.8) is 0 Å². The number of hydrogen-bond acceptors (Lipinski definition) is 5. The highest BCUT2D eigenvalue weighted by Gasteiger charge is 2.26. The molecular weight excluding hydrogens is 271 g/mol. The molecule has 6 nitrogen and oxygen atoms in total. The van der Waals surface area contributed by atoms with Gasteiger partial charge in [0.05, 0.1) is 25.9 Å². The highest BCUT2D eigenvalue weighted by molar-refractivity contribution is 6.36. The Balaban J connectivity index is 0.000000383. The summed E-state index contributed by atoms with van der Waals surface area (Å²) in [4.78, 5) is 0. The zero-order valence-electron chi connectivity index (χ0n) is 12.5. The van der Waals surface area contributed by atoms with Crippen LogP contribution < -0.4 is 5.73 Å². The van der Waals surface area contributed by atoms with E-state index < -0.39 is 7.32 Å². The van der Waals surface area contributed by atoms with E-state index in [0.29, 0.717) is 25.4 Å². The average molecular weight is 294 g/mol. The first-order valence-corrected chi connectivity index (χ1v) is 6.99. The summed E-state index contributed by atoms with van der Waals surface area (Å²) < 4.78 is 15.6. The van der Waals surface area contributed by atoms with Crippen molar-refractivity contribution in [2.75, 3.05) is 13.2 Å². The zero-order chi connectivity index (χ0) is 15.7. The summed E-state index contributed by atoms with van der Waals surface area (Å²) in [6.45, 7) is 5.30. The number of hydrogen-bond donors (Lipinski definition) is 3. The van der Waals surface area contributed by atoms with Crippen molar-refractivity contribution in [2.24, 2.45) is 5.73 Å². The van der Waals surface area contributed by atoms with E-state index in [0.717, 1.165) is 12.0 Å². The van der Waals surface area contributed by atoms with Gasteiger partial charge in [0.25, 0.3) is 0 Å². The van der Waals surface area contributed by atoms with E-state index in [-0.39, 0.29) is 11.9 Å². The van der Waals surface area contributed by atoms with Gasteiger partial charge in [-0.25, -0.2) is 0 Å². The van der Waals surface area contributed by atoms with Crippen LogP contribution >= 0.6 is 0 Å². The molecule has 1 heterocycles. The molecule has 0 radical (unpaired) electrons. The molecule has 0 aromatic heterocycles. The fourth-order valence-corrected chi connectivity index (χ4v) is 1.38. The maximum absolute atomic E-state index is 8.36. The van der Waals surface area contributed by atoms with Crippen LogP contribution in [0.5, 0.6) is 0 Å². The fourth-order valence-electron chi connectivity index (χ4n) is 1.38. The van der Waals surface area contributed by atoms with Crippen LogP contribution in [0.25, 0.3) is 0 Å². The molecule has 1 aromatic rings. The summed E-state index contributed by atoms with van der Waals surface area (Å²) in [6.07, 6.45) is 0.745. The largest absolute Gasteiger partial charge is 0.639 e. The van der Waals surface area contributed by atoms with E-state index in [1.54, 1.807) is 19.1 Å². The maximum Gasteiger partial charge on any atom is 0.639 e. The minimum Gasteiger partial charge on any atom is -0.393 e. The molecule has 7 heteroatoms. The third-order valence-electron chi connectivity index (χ3n) is 2.83. The van der Waals surface area contributed by atoms with Crippen molar-refractivity contribution in [3.8, 4) is 0 Å². The molecule has 116 valence electrons. The van der Waals surface area contributed by atoms with Gasteiger partial charge in [0, 0.05) is 5.56 Å². The number of amidine groups is 1. The fraction of sp³-hybridized carbons (Fsp3) is 0.500. The standard InChI is InChI=1S/C10H13BN2O3.C4H10O/c12-10(13)9-3-1-8(2-4-9)7-16-11-14-5-6-15-11;1-3-4(2)5/h1-4H,5-7H2,(H3,12,13);4-5H,3H2,1-2H3. The van der Waals surface area contributed by atoms with Crippen molar-refractivity contribution >= 4 is 13.2 Å². The van der Waals surface area contributed by atoms with Gasteiger partial charge in [0.1, 0.15) is 5.84 Å². The van der Waals surface area contributed by atoms with Crippen molar-refractivity contribution < 1.29 is 19.1 Å². The predicted octanol–water partition coefficient (Wildman–Crippen LogP) is 1.30. The number of benzene rings is 1. The van der Waals surface area contributed by atoms with Crippen LogP contribution in [-0.4, -0.2) is 37.6 Å². The Morgan fingerprint density at radius 2 is 1.90 bits per heavy atom. The third-order valence-corrected chi connectivity index (χ3v) is 2.83. The van der Waals surface area contributed by atoms with Crippen molar-refractivity contribution in [3.05, 3.63) is 35.4 Å². The number of nitrogens with one attached hydrogen (secondary N) is 1. The third kappa shape index (κ3) is 7.24. The first-order valence-electron chi connectivity index (χ1n) is 6.99. The van der Waals surface area contributed by atoms with E-state index in [4.69, 9.17) is 30.2 Å². The van der Waals surface area contributed by atoms with Gasteiger partial charge in [-0.05, 0) is 18.9 Å². The van der Waals surface area contributed by atoms with Crippen molar-refractivity contribution in [1.82, 2.24) is 0 Å². The Kier molecular flexibility index (Phi) is 8.00. The summed E-state index contributed by atoms with van der Waals surface area (Å²) in [5.74, 6) is 0.0647. The normalized spacial score (nSPS) is 15.3. The molecule has 0 saturated carbocycles. The van der Waals surface area contributed by atoms with Gasteiger partial charge in [-0.2, -0.15) is 0 Å². The van der Waals surface area contributed by atoms with Crippen LogP contribution in [0, 0.1) is 5.41 Å². The highest BCUT2D eigenvalue weighted by atomic mass is 16.8. The molecule has 1 unspecified atom stereocenters. The summed E-state index contributed by atoms with van der Waals surface area (Å²) in [5.41, 5.74) is 7.04. The SMILES string of the molecule is CCC(C)O.N=C(N)c1ccc(COB2OCCO2)cc1. The zero-order valence-corrected chi connectivity index (χ0v) is 12.5. The van der Waals surface area contributed by atoms with Gasteiger partial charge >= 0.3 is 7.32 Å². The maximum atomic E-state index is 8.36. The predicted molar refractivity (Wildman–Crippen MR) is 81.9 cm³/mol. The lowest BCUT2D eigenvalue weighted by Gasteiger charge is -2.06. The van der Waals surface area contributed by atoms with Crippen LogP contribution in [0.15, 0.2) is 24.3 Å². The number of aliphatic hydroxyl groups is 1. The molecule has 0 amide bonds. The van der Waals surface area contributed by atoms with Crippen LogP contribution in [0.2, 0.25) is 0 Å². The minimum absolute atomic E-state index is 0.0647. The van der Waals surface area contributed by atoms with E-state index in [1.807, 2.05) is 19.1 Å². The van der Waals surface area contributed by atoms with Gasteiger partial charge in [-0.1, -0.05) is 31.2 Å². The lowest BCUT2D eigenvalue weighted by atomic mass is 10.1. The molecule has 2 rings (SSSR count). The van der Waals surface area contributed by atoms with E-state index >= 15 is 0 Å². The molecule has 0 spiro atoms. The summed E-state index contributed by atoms with van der Waals surface area (Å²) >= 11 is 0. The number of aliphatic hydroxyl groups excluding tert-OH is 1. The highest BCUT2D eigenvalue weighted by Crippen LogP contribution is 2.08. The Morgan fingerprint density at radius 1 is 1.38 bits per heavy atom. The molecule has 0 aliphatic carbocycles. The summed E-state index contributed by atoms with van der Waals surface area (Å²) in [5, 5.41) is 15.6. The number of nitrogen functional groups attached to an aromatic ring is 1. The van der Waals surface area contributed by atoms with E-state index in [2.05, 4.69) is 0 Å². The second kappa shape index (κ2) is 9.52. The Morgan fingerprint density at radius 3 is 2.33 bits per heavy atom. The van der Waals surface area contributed by atoms with E-state index in [9.17, 15) is 0 Å². The molecule has 0 bridgehead atoms. The number of nitrogens with two attached hydrogens (primary N) is 1. The first-order chi connectivity index (χ1) is 10.0. The molecule has 1 fully saturated rings. The Hall–Kier alpha value is -1.41. The molecule has 21 heavy (non-hydrogen) atoms. The van der Waals surface area contributed by atoms with E-state index in [1.165, 1.54) is 0 Å². The molecular formula is C14H23BN2O4. The minimum atomic E-state index is -0.549. The molecule has 4 N–H and O–H groups in total. The Bertz CT molecular complexity index is 419. The number of rotatable bonds is 5. The van der Waals surface area contributed by atoms with Crippen LogP contribution in [0.1, 0.15) is 31.4 Å². The van der Waals surface area contributed by atoms with Gasteiger partial charge in [0.2, 0.25) is 0 Å². The molecule has 1 aromatic carbocycles. The second-order valence-electron chi connectivity index (χ2n) is 4.71. The van der Waals surface area contributed by atoms with Gasteiger partial charge in [-0.3, -0.25) is 5.41 Å².